The van der Waals surface area contributed by atoms with Crippen molar-refractivity contribution in [2.24, 2.45) is 0 Å². The number of hydrogen-bond acceptors (Lipinski definition) is 4. The summed E-state index contributed by atoms with van der Waals surface area (Å²) >= 11 is 9.67. The molecule has 7 heteroatoms. The first kappa shape index (κ1) is 25.4. The first-order valence-corrected chi connectivity index (χ1v) is 11.8. The summed E-state index contributed by atoms with van der Waals surface area (Å²) in [4.78, 5) is 12.7. The fourth-order valence-corrected chi connectivity index (χ4v) is 3.97. The van der Waals surface area contributed by atoms with E-state index in [9.17, 15) is 10.1 Å². The van der Waals surface area contributed by atoms with Gasteiger partial charge in [0.2, 0.25) is 0 Å². The summed E-state index contributed by atoms with van der Waals surface area (Å²) in [6.07, 6.45) is 1.50. The molecule has 3 aromatic rings. The summed E-state index contributed by atoms with van der Waals surface area (Å²) in [6, 6.07) is 18.7. The van der Waals surface area contributed by atoms with Crippen LogP contribution in [0.4, 0.5) is 5.69 Å². The monoisotopic (exact) mass is 538 g/mol. The van der Waals surface area contributed by atoms with E-state index in [1.165, 1.54) is 6.08 Å². The Kier molecular flexibility index (Phi) is 8.75. The van der Waals surface area contributed by atoms with Gasteiger partial charge in [-0.05, 0) is 83.7 Å². The lowest BCUT2D eigenvalue weighted by Gasteiger charge is -2.15. The number of benzene rings is 3. The van der Waals surface area contributed by atoms with Gasteiger partial charge in [-0.3, -0.25) is 4.79 Å². The molecule has 34 heavy (non-hydrogen) atoms. The molecule has 0 radical (unpaired) electrons. The minimum absolute atomic E-state index is 0.0560. The topological polar surface area (TPSA) is 71.3 Å². The smallest absolute Gasteiger partial charge is 0.266 e. The number of ether oxygens (including phenoxy) is 2. The van der Waals surface area contributed by atoms with Crippen molar-refractivity contribution in [3.05, 3.63) is 91.9 Å². The fourth-order valence-electron chi connectivity index (χ4n) is 3.22. The van der Waals surface area contributed by atoms with Crippen molar-refractivity contribution in [2.45, 2.75) is 27.4 Å². The number of aryl methyl sites for hydroxylation is 2. The molecule has 0 heterocycles. The van der Waals surface area contributed by atoms with Crippen molar-refractivity contribution in [1.29, 1.82) is 5.26 Å². The van der Waals surface area contributed by atoms with E-state index in [1.807, 2.05) is 45.0 Å². The van der Waals surface area contributed by atoms with E-state index in [0.717, 1.165) is 16.7 Å². The lowest BCUT2D eigenvalue weighted by atomic mass is 10.1. The van der Waals surface area contributed by atoms with Crippen molar-refractivity contribution in [2.75, 3.05) is 11.9 Å². The molecule has 0 aromatic heterocycles. The van der Waals surface area contributed by atoms with E-state index >= 15 is 0 Å². The Morgan fingerprint density at radius 2 is 1.94 bits per heavy atom. The van der Waals surface area contributed by atoms with E-state index in [0.29, 0.717) is 45.5 Å². The SMILES string of the molecule is CCOc1cc(/C=C(/C#N)C(=O)Nc2ccc(C)c(Cl)c2)cc(Br)c1OCc1cccc(C)c1. The van der Waals surface area contributed by atoms with E-state index < -0.39 is 5.91 Å². The first-order chi connectivity index (χ1) is 16.3. The molecule has 0 aliphatic heterocycles. The van der Waals surface area contributed by atoms with Crippen LogP contribution in [-0.2, 0) is 11.4 Å². The second kappa shape index (κ2) is 11.7. The number of nitrogens with one attached hydrogen (secondary N) is 1. The molecule has 0 aliphatic rings. The number of nitrogens with zero attached hydrogens (tertiary/aromatic N) is 1. The molecule has 0 fully saturated rings. The van der Waals surface area contributed by atoms with Crippen molar-refractivity contribution < 1.29 is 14.3 Å². The Morgan fingerprint density at radius 1 is 1.15 bits per heavy atom. The number of nitriles is 1. The van der Waals surface area contributed by atoms with Crippen molar-refractivity contribution in [3.8, 4) is 17.6 Å². The van der Waals surface area contributed by atoms with E-state index in [-0.39, 0.29) is 5.57 Å². The van der Waals surface area contributed by atoms with Gasteiger partial charge in [-0.25, -0.2) is 0 Å². The Hall–Kier alpha value is -3.27. The van der Waals surface area contributed by atoms with Gasteiger partial charge in [0.25, 0.3) is 5.91 Å². The molecule has 0 saturated carbocycles. The zero-order chi connectivity index (χ0) is 24.7. The van der Waals surface area contributed by atoms with Crippen LogP contribution in [0.2, 0.25) is 5.02 Å². The Labute approximate surface area is 213 Å². The van der Waals surface area contributed by atoms with E-state index in [4.69, 9.17) is 21.1 Å². The zero-order valence-electron chi connectivity index (χ0n) is 19.1. The Balaban J connectivity index is 1.85. The molecule has 0 unspecified atom stereocenters. The molecule has 5 nitrogen and oxygen atoms in total. The second-order valence-corrected chi connectivity index (χ2v) is 8.89. The molecular formula is C27H24BrClN2O3. The number of carbonyl (C=O) groups excluding carboxylic acids is 1. The molecule has 3 rings (SSSR count). The van der Waals surface area contributed by atoms with Crippen molar-refractivity contribution in [1.82, 2.24) is 0 Å². The van der Waals surface area contributed by atoms with Crippen molar-refractivity contribution >= 4 is 45.2 Å². The van der Waals surface area contributed by atoms with Crippen LogP contribution in [0, 0.1) is 25.2 Å². The maximum atomic E-state index is 12.7. The van der Waals surface area contributed by atoms with Gasteiger partial charge < -0.3 is 14.8 Å². The highest BCUT2D eigenvalue weighted by Crippen LogP contribution is 2.38. The lowest BCUT2D eigenvalue weighted by Crippen LogP contribution is -2.13. The standard InChI is InChI=1S/C27H24BrClN2O3/c1-4-33-25-13-20(12-23(28)26(25)34-16-19-7-5-6-17(2)10-19)11-21(15-30)27(32)31-22-9-8-18(3)24(29)14-22/h5-14H,4,16H2,1-3H3,(H,31,32)/b21-11-. The molecule has 0 bridgehead atoms. The van der Waals surface area contributed by atoms with Crippen LogP contribution in [0.3, 0.4) is 0 Å². The molecule has 0 atom stereocenters. The molecule has 0 spiro atoms. The molecule has 1 N–H and O–H groups in total. The maximum absolute atomic E-state index is 12.7. The Bertz CT molecular complexity index is 1280. The van der Waals surface area contributed by atoms with Crippen LogP contribution in [-0.4, -0.2) is 12.5 Å². The Morgan fingerprint density at radius 3 is 2.62 bits per heavy atom. The molecule has 1 amide bonds. The molecule has 0 aliphatic carbocycles. The first-order valence-electron chi connectivity index (χ1n) is 10.6. The second-order valence-electron chi connectivity index (χ2n) is 7.63. The summed E-state index contributed by atoms with van der Waals surface area (Å²) in [5, 5.41) is 12.8. The summed E-state index contributed by atoms with van der Waals surface area (Å²) in [7, 11) is 0. The van der Waals surface area contributed by atoms with Gasteiger partial charge in [0.05, 0.1) is 11.1 Å². The predicted molar refractivity (Wildman–Crippen MR) is 139 cm³/mol. The lowest BCUT2D eigenvalue weighted by molar-refractivity contribution is -0.112. The molecular weight excluding hydrogens is 516 g/mol. The van der Waals surface area contributed by atoms with E-state index in [1.54, 1.807) is 30.3 Å². The van der Waals surface area contributed by atoms with Gasteiger partial charge >= 0.3 is 0 Å². The minimum atomic E-state index is -0.531. The largest absolute Gasteiger partial charge is 0.490 e. The van der Waals surface area contributed by atoms with Crippen LogP contribution in [0.15, 0.2) is 64.6 Å². The van der Waals surface area contributed by atoms with E-state index in [2.05, 4.69) is 27.3 Å². The summed E-state index contributed by atoms with van der Waals surface area (Å²) in [6.45, 7) is 6.58. The molecule has 3 aromatic carbocycles. The predicted octanol–water partition coefficient (Wildman–Crippen LogP) is 7.24. The third kappa shape index (κ3) is 6.63. The van der Waals surface area contributed by atoms with Gasteiger partial charge in [-0.2, -0.15) is 5.26 Å². The summed E-state index contributed by atoms with van der Waals surface area (Å²) in [5.74, 6) is 0.535. The molecule has 0 saturated heterocycles. The summed E-state index contributed by atoms with van der Waals surface area (Å²) in [5.41, 5.74) is 4.16. The van der Waals surface area contributed by atoms with Gasteiger partial charge in [-0.15, -0.1) is 0 Å². The van der Waals surface area contributed by atoms with Crippen molar-refractivity contribution in [3.63, 3.8) is 0 Å². The highest BCUT2D eigenvalue weighted by atomic mass is 79.9. The zero-order valence-corrected chi connectivity index (χ0v) is 21.5. The summed E-state index contributed by atoms with van der Waals surface area (Å²) < 4.78 is 12.5. The van der Waals surface area contributed by atoms with Gasteiger partial charge in [-0.1, -0.05) is 47.5 Å². The average molecular weight is 540 g/mol. The number of rotatable bonds is 8. The van der Waals surface area contributed by atoms with Crippen LogP contribution in [0.1, 0.15) is 29.2 Å². The third-order valence-electron chi connectivity index (χ3n) is 4.90. The molecule has 174 valence electrons. The average Bonchev–Trinajstić information content (AvgIpc) is 2.79. The number of amides is 1. The minimum Gasteiger partial charge on any atom is -0.490 e. The number of halogens is 2. The van der Waals surface area contributed by atoms with Crippen LogP contribution in [0.5, 0.6) is 11.5 Å². The van der Waals surface area contributed by atoms with Gasteiger partial charge in [0.1, 0.15) is 18.2 Å². The highest BCUT2D eigenvalue weighted by Gasteiger charge is 2.15. The quantitative estimate of drug-likeness (QED) is 0.242. The highest BCUT2D eigenvalue weighted by molar-refractivity contribution is 9.10. The third-order valence-corrected chi connectivity index (χ3v) is 5.90. The maximum Gasteiger partial charge on any atom is 0.266 e. The fraction of sp³-hybridized carbons (Fsp3) is 0.185. The number of hydrogen-bond donors (Lipinski definition) is 1. The number of carbonyl (C=O) groups is 1. The van der Waals surface area contributed by atoms with Crippen LogP contribution >= 0.6 is 27.5 Å². The van der Waals surface area contributed by atoms with Gasteiger partial charge in [0, 0.05) is 10.7 Å². The van der Waals surface area contributed by atoms with Crippen LogP contribution < -0.4 is 14.8 Å². The normalized spacial score (nSPS) is 11.0. The number of anilines is 1. The van der Waals surface area contributed by atoms with Gasteiger partial charge in [0.15, 0.2) is 11.5 Å². The van der Waals surface area contributed by atoms with Crippen LogP contribution in [0.25, 0.3) is 6.08 Å².